The Morgan fingerprint density at radius 1 is 0.491 bits per heavy atom. The van der Waals surface area contributed by atoms with Crippen LogP contribution in [0.3, 0.4) is 0 Å². The fourth-order valence-electron chi connectivity index (χ4n) is 12.2. The van der Waals surface area contributed by atoms with Gasteiger partial charge in [-0.25, -0.2) is 26.7 Å². The first-order valence-corrected chi connectivity index (χ1v) is 33.5. The van der Waals surface area contributed by atoms with Crippen LogP contribution in [-0.4, -0.2) is 125 Å². The van der Waals surface area contributed by atoms with E-state index in [2.05, 4.69) is 36.6 Å². The van der Waals surface area contributed by atoms with E-state index in [1.165, 1.54) is 128 Å². The molecule has 0 spiro atoms. The van der Waals surface area contributed by atoms with Crippen molar-refractivity contribution in [3.05, 3.63) is 214 Å². The number of rotatable bonds is 18. The number of ether oxygens (including phenoxy) is 8. The van der Waals surface area contributed by atoms with Crippen molar-refractivity contribution in [1.29, 1.82) is 0 Å². The van der Waals surface area contributed by atoms with E-state index in [-0.39, 0.29) is 118 Å². The zero-order valence-corrected chi connectivity index (χ0v) is 59.4. The van der Waals surface area contributed by atoms with Gasteiger partial charge in [-0.1, -0.05) is 93.2 Å². The minimum absolute atomic E-state index is 0. The fraction of sp³-hybridized carbons (Fsp3) is 0.338. The van der Waals surface area contributed by atoms with Gasteiger partial charge in [-0.15, -0.1) is 11.8 Å². The molecule has 0 bridgehead atoms. The normalized spacial score (nSPS) is 21.2. The van der Waals surface area contributed by atoms with Crippen LogP contribution in [0.15, 0.2) is 150 Å². The number of alkyl carbamates (subject to hydrolysis) is 1. The summed E-state index contributed by atoms with van der Waals surface area (Å²) in [7, 11) is 9.38. The van der Waals surface area contributed by atoms with Crippen LogP contribution in [0.1, 0.15) is 116 Å². The molecule has 4 unspecified atom stereocenters. The number of benzene rings is 7. The standard InChI is InChI=1S/C20H20FNO4S.C19H19FN2O4.C13H14FNO4.C12H12FNO4.C11H13FN2O2.2CH4/c1-12-4-7-14(8-5-12)27-20(19(24)26-3)11-17(23)22-18(20)13-6-9-15(21)16(10-13)25-2;1-25-16-9-13(7-8-14(16)20)18-15(10-17(23)22-18)21-19(24)26-11-12-5-3-2-4-6-12;1-18-10-5-7(3-4-9(10)14)12-8(13(17)19-2)6-11(16)15-12;1-18-9-4-6(2-3-8(9)13)11-7(12(16)17)5-10(15)14-11;1-16-9-4-6(2-3-7(9)12)11-8(13)5-10(15)14-11;;/h4-10,18H,11H2,1-3H3,(H,22,23);2-9,15,18H,10-11H2,1H3,(H,21,24)(H,22,23);3-5,8,12H,6H2,1-2H3,(H,15,16);2-4,7,11H,5H2,1H3,(H,14,15)(H,16,17);2-4,8,11H,5,13H2,1H3,(H,14,15);2*1H4/t18?,20-;15-,18+;;7-,11?;8-,11+;;/m10.00../s1. The number of amides is 6. The molecule has 0 radical (unpaired) electrons. The zero-order valence-electron chi connectivity index (χ0n) is 58.6. The van der Waals surface area contributed by atoms with E-state index in [1.807, 2.05) is 61.5 Å². The first-order valence-electron chi connectivity index (χ1n) is 32.7. The number of carbonyl (C=O) groups excluding carboxylic acids is 8. The van der Waals surface area contributed by atoms with Crippen molar-refractivity contribution in [2.24, 2.45) is 17.6 Å². The molecule has 12 rings (SSSR count). The molecule has 25 nitrogen and oxygen atoms in total. The summed E-state index contributed by atoms with van der Waals surface area (Å²) in [5, 5.41) is 25.4. The highest BCUT2D eigenvalue weighted by Crippen LogP contribution is 2.50. The highest BCUT2D eigenvalue weighted by molar-refractivity contribution is 8.01. The molecule has 6 amide bonds. The van der Waals surface area contributed by atoms with Crippen LogP contribution < -0.4 is 61.3 Å². The van der Waals surface area contributed by atoms with Gasteiger partial charge in [-0.2, -0.15) is 0 Å². The van der Waals surface area contributed by atoms with Gasteiger partial charge >= 0.3 is 24.0 Å². The summed E-state index contributed by atoms with van der Waals surface area (Å²) in [4.78, 5) is 106. The van der Waals surface area contributed by atoms with Gasteiger partial charge in [0.2, 0.25) is 29.5 Å². The topological polar surface area (TPSA) is 346 Å². The molecular formula is C77H86F5N7O18S. The number of methoxy groups -OCH3 is 7. The summed E-state index contributed by atoms with van der Waals surface area (Å²) >= 11 is 1.27. The third-order valence-electron chi connectivity index (χ3n) is 17.6. The summed E-state index contributed by atoms with van der Waals surface area (Å²) in [5.41, 5.74) is 10.9. The lowest BCUT2D eigenvalue weighted by atomic mass is 9.93. The Bertz CT molecular complexity index is 4360. The van der Waals surface area contributed by atoms with Crippen molar-refractivity contribution in [3.8, 4) is 28.7 Å². The van der Waals surface area contributed by atoms with Gasteiger partial charge in [0.05, 0.1) is 104 Å². The number of carboxylic acids is 1. The average Bonchev–Trinajstić information content (AvgIpc) is 1.59. The number of halogens is 5. The van der Waals surface area contributed by atoms with Gasteiger partial charge in [0.15, 0.2) is 62.6 Å². The van der Waals surface area contributed by atoms with Crippen LogP contribution in [0, 0.1) is 47.8 Å². The van der Waals surface area contributed by atoms with Crippen LogP contribution >= 0.6 is 11.8 Å². The van der Waals surface area contributed by atoms with E-state index >= 15 is 0 Å². The van der Waals surface area contributed by atoms with Gasteiger partial charge in [0.25, 0.3) is 0 Å². The van der Waals surface area contributed by atoms with E-state index in [4.69, 9.17) is 44.0 Å². The highest BCUT2D eigenvalue weighted by Gasteiger charge is 2.56. The predicted molar refractivity (Wildman–Crippen MR) is 386 cm³/mol. The summed E-state index contributed by atoms with van der Waals surface area (Å²) in [6.07, 6.45) is -0.247. The highest BCUT2D eigenvalue weighted by atomic mass is 32.2. The second kappa shape index (κ2) is 39.2. The molecule has 7 aromatic rings. The maximum Gasteiger partial charge on any atom is 0.407 e. The van der Waals surface area contributed by atoms with Crippen molar-refractivity contribution in [1.82, 2.24) is 31.9 Å². The largest absolute Gasteiger partial charge is 0.494 e. The van der Waals surface area contributed by atoms with Crippen LogP contribution in [0.4, 0.5) is 26.7 Å². The monoisotopic (exact) mass is 1520 g/mol. The Kier molecular flexibility index (Phi) is 31.0. The molecule has 5 fully saturated rings. The molecule has 9 N–H and O–H groups in total. The smallest absolute Gasteiger partial charge is 0.407 e. The molecule has 108 heavy (non-hydrogen) atoms. The molecule has 7 aromatic carbocycles. The molecule has 31 heteroatoms. The average molecular weight is 1520 g/mol. The predicted octanol–water partition coefficient (Wildman–Crippen LogP) is 10.4. The van der Waals surface area contributed by atoms with Crippen LogP contribution in [0.2, 0.25) is 0 Å². The maximum absolute atomic E-state index is 13.8. The molecule has 0 aromatic heterocycles. The zero-order chi connectivity index (χ0) is 77.1. The molecule has 5 aliphatic heterocycles. The third-order valence-corrected chi connectivity index (χ3v) is 19.0. The van der Waals surface area contributed by atoms with Crippen molar-refractivity contribution in [3.63, 3.8) is 0 Å². The summed E-state index contributed by atoms with van der Waals surface area (Å²) in [6, 6.07) is 35.0. The van der Waals surface area contributed by atoms with Gasteiger partial charge in [0, 0.05) is 36.6 Å². The minimum atomic E-state index is -1.20. The fourth-order valence-corrected chi connectivity index (χ4v) is 13.6. The van der Waals surface area contributed by atoms with E-state index in [9.17, 15) is 65.1 Å². The van der Waals surface area contributed by atoms with Crippen molar-refractivity contribution < 1.29 is 108 Å². The van der Waals surface area contributed by atoms with E-state index in [0.717, 1.165) is 21.6 Å². The lowest BCUT2D eigenvalue weighted by Crippen LogP contribution is -2.41. The van der Waals surface area contributed by atoms with E-state index in [0.29, 0.717) is 28.7 Å². The molecular weight excluding hydrogens is 1440 g/mol. The first-order chi connectivity index (χ1) is 50.7. The summed E-state index contributed by atoms with van der Waals surface area (Å²) in [5.74, 6) is -6.67. The van der Waals surface area contributed by atoms with Crippen molar-refractivity contribution in [2.75, 3.05) is 49.8 Å². The Labute approximate surface area is 624 Å². The van der Waals surface area contributed by atoms with Crippen molar-refractivity contribution >= 4 is 65.3 Å². The van der Waals surface area contributed by atoms with Crippen LogP contribution in [0.5, 0.6) is 28.7 Å². The number of carbonyl (C=O) groups is 9. The van der Waals surface area contributed by atoms with Crippen LogP contribution in [-0.2, 0) is 59.2 Å². The maximum atomic E-state index is 13.8. The summed E-state index contributed by atoms with van der Waals surface area (Å²) in [6.45, 7) is 2.11. The number of thioether (sulfide) groups is 1. The summed E-state index contributed by atoms with van der Waals surface area (Å²) < 4.78 is 106. The molecule has 0 saturated carbocycles. The molecule has 0 aliphatic carbocycles. The number of nitrogens with one attached hydrogen (secondary N) is 6. The number of hydrogen-bond acceptors (Lipinski definition) is 19. The second-order valence-electron chi connectivity index (χ2n) is 24.5. The quantitative estimate of drug-likeness (QED) is 0.0225. The first kappa shape index (κ1) is 85.5. The van der Waals surface area contributed by atoms with Gasteiger partial charge in [0.1, 0.15) is 6.61 Å². The number of esters is 2. The van der Waals surface area contributed by atoms with E-state index in [1.54, 1.807) is 24.3 Å². The number of carboxylic acid groups (broad SMARTS) is 1. The van der Waals surface area contributed by atoms with Gasteiger partial charge < -0.3 is 80.6 Å². The number of hydrogen-bond donors (Lipinski definition) is 8. The Balaban J connectivity index is 0.000000213. The molecule has 5 heterocycles. The number of nitrogens with two attached hydrogens (primary N) is 1. The Hall–Kier alpha value is -11.5. The number of aliphatic carboxylic acids is 1. The third kappa shape index (κ3) is 21.4. The van der Waals surface area contributed by atoms with Gasteiger partial charge in [-0.05, 0) is 113 Å². The molecule has 578 valence electrons. The molecule has 5 aliphatic rings. The second-order valence-corrected chi connectivity index (χ2v) is 25.9. The molecule has 10 atom stereocenters. The lowest BCUT2D eigenvalue weighted by molar-refractivity contribution is -0.146. The van der Waals surface area contributed by atoms with Crippen LogP contribution in [0.25, 0.3) is 0 Å². The SMILES string of the molecule is C.C.COC(=O)C1CC(=O)NC1c1ccc(F)c(OC)c1.COC(=O)[C@@]1(Sc2ccc(C)cc2)CC(=O)NC1c1ccc(F)c(OC)c1.COc1cc(C2NC(=O)C[C@@H]2C(=O)O)ccc1F.COc1cc([C@H]2NC(=O)C[C@@H]2N)ccc1F.COc1cc([C@H]2NC(=O)C[C@@H]2NC(=O)OCc2ccccc2)ccc1F. The van der Waals surface area contributed by atoms with Crippen molar-refractivity contribution in [2.45, 2.75) is 112 Å². The van der Waals surface area contributed by atoms with E-state index < -0.39 is 99.9 Å². The Morgan fingerprint density at radius 2 is 0.889 bits per heavy atom. The number of aryl methyl sites for hydroxylation is 1. The minimum Gasteiger partial charge on any atom is -0.494 e. The lowest BCUT2D eigenvalue weighted by Gasteiger charge is -2.31. The van der Waals surface area contributed by atoms with Gasteiger partial charge in [-0.3, -0.25) is 38.4 Å². The molecule has 5 saturated heterocycles. The Morgan fingerprint density at radius 3 is 1.32 bits per heavy atom.